The van der Waals surface area contributed by atoms with Crippen molar-refractivity contribution in [3.05, 3.63) is 79.9 Å². The Morgan fingerprint density at radius 1 is 1.05 bits per heavy atom. The third kappa shape index (κ3) is 3.85. The molecule has 2 heteroatoms. The summed E-state index contributed by atoms with van der Waals surface area (Å²) in [5.74, 6) is 0.587. The van der Waals surface area contributed by atoms with Crippen LogP contribution in [0.3, 0.4) is 0 Å². The molecule has 0 amide bonds. The molecular weight excluding hydrogens is 272 g/mol. The van der Waals surface area contributed by atoms with Crippen LogP contribution in [0.1, 0.15) is 40.5 Å². The van der Waals surface area contributed by atoms with Gasteiger partial charge in [-0.3, -0.25) is 0 Å². The Morgan fingerprint density at radius 3 is 2.45 bits per heavy atom. The molecule has 2 aromatic rings. The van der Waals surface area contributed by atoms with Gasteiger partial charge in [0.25, 0.3) is 0 Å². The first-order valence-corrected chi connectivity index (χ1v) is 7.42. The molecule has 0 atom stereocenters. The fourth-order valence-corrected chi connectivity index (χ4v) is 2.35. The average molecular weight is 294 g/mol. The average Bonchev–Trinajstić information content (AvgIpc) is 2.43. The summed E-state index contributed by atoms with van der Waals surface area (Å²) in [5, 5.41) is 0. The highest BCUT2D eigenvalue weighted by molar-refractivity contribution is 5.62. The van der Waals surface area contributed by atoms with E-state index in [1.807, 2.05) is 32.1 Å². The summed E-state index contributed by atoms with van der Waals surface area (Å²) in [6, 6.07) is 7.62. The normalized spacial score (nSPS) is 12.1. The zero-order valence-electron chi connectivity index (χ0n) is 13.9. The van der Waals surface area contributed by atoms with E-state index in [1.54, 1.807) is 0 Å². The number of allylic oxidation sites excluding steroid dienone is 2. The second kappa shape index (κ2) is 6.61. The highest BCUT2D eigenvalue weighted by Gasteiger charge is 2.01. The molecule has 0 bridgehead atoms. The minimum atomic E-state index is -0.312. The summed E-state index contributed by atoms with van der Waals surface area (Å²) >= 11 is 0. The van der Waals surface area contributed by atoms with Gasteiger partial charge in [-0.1, -0.05) is 24.3 Å². The number of hydrogen-bond acceptors (Lipinski definition) is 2. The number of benzene rings is 1. The predicted octanol–water partition coefficient (Wildman–Crippen LogP) is 4.99. The maximum absolute atomic E-state index is 11.4. The lowest BCUT2D eigenvalue weighted by molar-refractivity contribution is 0.499. The molecule has 0 fully saturated rings. The Hall–Kier alpha value is -2.35. The van der Waals surface area contributed by atoms with Gasteiger partial charge in [0.2, 0.25) is 0 Å². The summed E-state index contributed by atoms with van der Waals surface area (Å²) in [5.41, 5.74) is 6.77. The number of aryl methyl sites for hydroxylation is 2. The van der Waals surface area contributed by atoms with Crippen molar-refractivity contribution in [3.63, 3.8) is 0 Å². The molecule has 0 radical (unpaired) electrons. The molecule has 22 heavy (non-hydrogen) atoms. The van der Waals surface area contributed by atoms with Gasteiger partial charge in [-0.2, -0.15) is 0 Å². The molecule has 1 aromatic heterocycles. The van der Waals surface area contributed by atoms with Crippen molar-refractivity contribution in [2.45, 2.75) is 34.6 Å². The van der Waals surface area contributed by atoms with Gasteiger partial charge in [-0.25, -0.2) is 4.79 Å². The van der Waals surface area contributed by atoms with E-state index < -0.39 is 0 Å². The van der Waals surface area contributed by atoms with Gasteiger partial charge in [0.15, 0.2) is 0 Å². The molecule has 0 aliphatic carbocycles. The minimum absolute atomic E-state index is 0.312. The fourth-order valence-electron chi connectivity index (χ4n) is 2.35. The third-order valence-corrected chi connectivity index (χ3v) is 3.93. The molecule has 0 unspecified atom stereocenters. The van der Waals surface area contributed by atoms with Crippen LogP contribution in [-0.2, 0) is 0 Å². The summed E-state index contributed by atoms with van der Waals surface area (Å²) in [4.78, 5) is 11.4. The van der Waals surface area contributed by atoms with Gasteiger partial charge >= 0.3 is 5.63 Å². The molecule has 2 nitrogen and oxygen atoms in total. The molecule has 1 aromatic carbocycles. The van der Waals surface area contributed by atoms with Crippen LogP contribution < -0.4 is 5.63 Å². The molecule has 0 N–H and O–H groups in total. The lowest BCUT2D eigenvalue weighted by Gasteiger charge is -2.07. The van der Waals surface area contributed by atoms with E-state index in [2.05, 4.69) is 39.0 Å². The Bertz CT molecular complexity index is 805. The Morgan fingerprint density at radius 2 is 1.77 bits per heavy atom. The van der Waals surface area contributed by atoms with Gasteiger partial charge in [-0.15, -0.1) is 0 Å². The van der Waals surface area contributed by atoms with E-state index >= 15 is 0 Å². The Balaban J connectivity index is 2.28. The molecule has 0 aliphatic heterocycles. The van der Waals surface area contributed by atoms with Crippen LogP contribution >= 0.6 is 0 Å². The molecule has 1 heterocycles. The van der Waals surface area contributed by atoms with E-state index in [0.29, 0.717) is 5.76 Å². The van der Waals surface area contributed by atoms with Crippen LogP contribution in [0, 0.1) is 27.7 Å². The minimum Gasteiger partial charge on any atom is -0.423 e. The van der Waals surface area contributed by atoms with Crippen molar-refractivity contribution < 1.29 is 4.42 Å². The van der Waals surface area contributed by atoms with Crippen LogP contribution in [0.15, 0.2) is 45.1 Å². The van der Waals surface area contributed by atoms with Gasteiger partial charge in [0.05, 0.1) is 0 Å². The summed E-state index contributed by atoms with van der Waals surface area (Å²) in [7, 11) is 0. The van der Waals surface area contributed by atoms with Crippen molar-refractivity contribution in [2.75, 3.05) is 0 Å². The van der Waals surface area contributed by atoms with E-state index in [1.165, 1.54) is 28.3 Å². The maximum Gasteiger partial charge on any atom is 0.336 e. The molecule has 0 aliphatic rings. The molecule has 114 valence electrons. The van der Waals surface area contributed by atoms with Crippen molar-refractivity contribution in [2.24, 2.45) is 0 Å². The van der Waals surface area contributed by atoms with Gasteiger partial charge in [0.1, 0.15) is 5.76 Å². The SMILES string of the molecule is CC(C=Cc1ccc(C)c(C)c1C)=Cc1cc(C)cc(=O)o1. The number of hydrogen-bond donors (Lipinski definition) is 0. The van der Waals surface area contributed by atoms with Crippen LogP contribution in [0.25, 0.3) is 12.2 Å². The lowest BCUT2D eigenvalue weighted by Crippen LogP contribution is -1.98. The maximum atomic E-state index is 11.4. The Labute approximate surface area is 131 Å². The summed E-state index contributed by atoms with van der Waals surface area (Å²) < 4.78 is 5.17. The van der Waals surface area contributed by atoms with Crippen LogP contribution in [0.4, 0.5) is 0 Å². The van der Waals surface area contributed by atoms with E-state index in [-0.39, 0.29) is 5.63 Å². The zero-order chi connectivity index (χ0) is 16.3. The first-order chi connectivity index (χ1) is 10.4. The number of rotatable bonds is 3. The second-order valence-corrected chi connectivity index (χ2v) is 5.80. The molecule has 0 saturated heterocycles. The predicted molar refractivity (Wildman–Crippen MR) is 93.1 cm³/mol. The quantitative estimate of drug-likeness (QED) is 0.746. The van der Waals surface area contributed by atoms with Gasteiger partial charge in [0, 0.05) is 6.07 Å². The molecular formula is C20H22O2. The van der Waals surface area contributed by atoms with E-state index in [9.17, 15) is 4.79 Å². The topological polar surface area (TPSA) is 30.2 Å². The largest absolute Gasteiger partial charge is 0.423 e. The van der Waals surface area contributed by atoms with Crippen molar-refractivity contribution in [3.8, 4) is 0 Å². The summed E-state index contributed by atoms with van der Waals surface area (Å²) in [6.45, 7) is 10.3. The highest BCUT2D eigenvalue weighted by Crippen LogP contribution is 2.19. The smallest absolute Gasteiger partial charge is 0.336 e. The van der Waals surface area contributed by atoms with Gasteiger partial charge in [-0.05, 0) is 80.2 Å². The van der Waals surface area contributed by atoms with Crippen LogP contribution in [-0.4, -0.2) is 0 Å². The molecule has 2 rings (SSSR count). The van der Waals surface area contributed by atoms with E-state index in [0.717, 1.165) is 11.1 Å². The monoisotopic (exact) mass is 294 g/mol. The second-order valence-electron chi connectivity index (χ2n) is 5.80. The zero-order valence-corrected chi connectivity index (χ0v) is 13.9. The van der Waals surface area contributed by atoms with Crippen molar-refractivity contribution >= 4 is 12.2 Å². The Kier molecular flexibility index (Phi) is 4.81. The molecule has 0 saturated carbocycles. The molecule has 0 spiro atoms. The summed E-state index contributed by atoms with van der Waals surface area (Å²) in [6.07, 6.45) is 6.02. The van der Waals surface area contributed by atoms with Crippen molar-refractivity contribution in [1.82, 2.24) is 0 Å². The van der Waals surface area contributed by atoms with Crippen LogP contribution in [0.2, 0.25) is 0 Å². The first-order valence-electron chi connectivity index (χ1n) is 7.42. The van der Waals surface area contributed by atoms with Crippen molar-refractivity contribution in [1.29, 1.82) is 0 Å². The standard InChI is InChI=1S/C20H22O2/c1-13(10-19-11-14(2)12-20(21)22-19)6-8-18-9-7-15(3)16(4)17(18)5/h6-12H,1-5H3. The van der Waals surface area contributed by atoms with E-state index in [4.69, 9.17) is 4.42 Å². The lowest BCUT2D eigenvalue weighted by atomic mass is 9.98. The third-order valence-electron chi connectivity index (χ3n) is 3.93. The highest BCUT2D eigenvalue weighted by atomic mass is 16.4. The van der Waals surface area contributed by atoms with Gasteiger partial charge < -0.3 is 4.42 Å². The fraction of sp³-hybridized carbons (Fsp3) is 0.250. The first kappa shape index (κ1) is 16.0. The van der Waals surface area contributed by atoms with Crippen LogP contribution in [0.5, 0.6) is 0 Å².